The molecule has 0 radical (unpaired) electrons. The maximum absolute atomic E-state index is 11.1. The Hall–Kier alpha value is -0.500. The fraction of sp³-hybridized carbons (Fsp3) is 0.167. The Morgan fingerprint density at radius 2 is 2.15 bits per heavy atom. The van der Waals surface area contributed by atoms with Gasteiger partial charge in [0.1, 0.15) is 9.50 Å². The number of sulfonamides is 1. The van der Waals surface area contributed by atoms with E-state index in [2.05, 4.69) is 20.9 Å². The van der Waals surface area contributed by atoms with Crippen LogP contribution in [0.25, 0.3) is 0 Å². The van der Waals surface area contributed by atoms with Crippen molar-refractivity contribution in [2.24, 2.45) is 0 Å². The molecule has 1 aromatic heterocycles. The molecule has 13 heavy (non-hydrogen) atoms. The fourth-order valence-corrected chi connectivity index (χ4v) is 2.43. The molecule has 0 aromatic carbocycles. The van der Waals surface area contributed by atoms with Gasteiger partial charge in [-0.15, -0.1) is 0 Å². The topological polar surface area (TPSA) is 79.3 Å². The van der Waals surface area contributed by atoms with Crippen molar-refractivity contribution in [3.05, 3.63) is 22.4 Å². The summed E-state index contributed by atoms with van der Waals surface area (Å²) < 4.78 is 22.4. The Balaban J connectivity index is 3.33. The van der Waals surface area contributed by atoms with Gasteiger partial charge in [0, 0.05) is 5.69 Å². The van der Waals surface area contributed by atoms with Crippen molar-refractivity contribution in [1.82, 2.24) is 9.87 Å². The van der Waals surface area contributed by atoms with Gasteiger partial charge in [0.2, 0.25) is 0 Å². The van der Waals surface area contributed by atoms with E-state index in [0.717, 1.165) is 0 Å². The maximum Gasteiger partial charge on any atom is 0.264 e. The van der Waals surface area contributed by atoms with Crippen molar-refractivity contribution in [3.8, 4) is 0 Å². The summed E-state index contributed by atoms with van der Waals surface area (Å²) >= 11 is 2.98. The molecule has 0 atom stereocenters. The lowest BCUT2D eigenvalue weighted by Gasteiger charge is -2.03. The van der Waals surface area contributed by atoms with E-state index in [-0.39, 0.29) is 9.50 Å². The molecular formula is C6H7BrN2O3S. The number of nitrogens with zero attached hydrogens (tertiary/aromatic N) is 1. The molecule has 0 fully saturated rings. The number of aryl methyl sites for hydroxylation is 1. The van der Waals surface area contributed by atoms with E-state index in [0.29, 0.717) is 5.69 Å². The van der Waals surface area contributed by atoms with Crippen LogP contribution in [0.5, 0.6) is 0 Å². The molecule has 0 spiro atoms. The summed E-state index contributed by atoms with van der Waals surface area (Å²) in [6.45, 7) is 1.73. The van der Waals surface area contributed by atoms with Gasteiger partial charge in [-0.25, -0.2) is 13.4 Å². The largest absolute Gasteiger partial charge is 0.302 e. The third-order valence-electron chi connectivity index (χ3n) is 1.36. The average Bonchev–Trinajstić information content (AvgIpc) is 2.03. The molecule has 0 unspecified atom stereocenters. The molecule has 0 saturated heterocycles. The first kappa shape index (κ1) is 10.6. The molecule has 72 valence electrons. The van der Waals surface area contributed by atoms with Crippen LogP contribution < -0.4 is 4.89 Å². The van der Waals surface area contributed by atoms with Crippen LogP contribution in [-0.2, 0) is 10.0 Å². The third kappa shape index (κ3) is 2.25. The fourth-order valence-electron chi connectivity index (χ4n) is 0.762. The highest BCUT2D eigenvalue weighted by atomic mass is 79.9. The standard InChI is InChI=1S/C6H7BrN2O3S/c1-4-2-3-5(6(7)8-4)13(11,12)9-10/h2-3,9-10H,1H3. The molecule has 0 aliphatic heterocycles. The van der Waals surface area contributed by atoms with E-state index in [9.17, 15) is 8.42 Å². The molecule has 2 N–H and O–H groups in total. The van der Waals surface area contributed by atoms with E-state index in [1.807, 2.05) is 0 Å². The Kier molecular flexibility index (Phi) is 3.01. The van der Waals surface area contributed by atoms with Crippen LogP contribution in [-0.4, -0.2) is 18.6 Å². The number of hydrogen-bond donors (Lipinski definition) is 2. The molecule has 1 rings (SSSR count). The van der Waals surface area contributed by atoms with Crippen molar-refractivity contribution in [2.45, 2.75) is 11.8 Å². The monoisotopic (exact) mass is 266 g/mol. The number of pyridine rings is 1. The highest BCUT2D eigenvalue weighted by molar-refractivity contribution is 9.10. The molecular weight excluding hydrogens is 260 g/mol. The molecule has 1 heterocycles. The number of hydrogen-bond acceptors (Lipinski definition) is 4. The minimum absolute atomic E-state index is 0.0967. The van der Waals surface area contributed by atoms with Gasteiger partial charge in [-0.3, -0.25) is 0 Å². The SMILES string of the molecule is Cc1ccc(S(=O)(=O)NO)c(Br)n1. The van der Waals surface area contributed by atoms with Crippen LogP contribution in [0.2, 0.25) is 0 Å². The van der Waals surface area contributed by atoms with Crippen LogP contribution in [0.4, 0.5) is 0 Å². The summed E-state index contributed by atoms with van der Waals surface area (Å²) in [7, 11) is -3.85. The first-order chi connectivity index (χ1) is 5.97. The number of aromatic nitrogens is 1. The van der Waals surface area contributed by atoms with E-state index >= 15 is 0 Å². The maximum atomic E-state index is 11.1. The summed E-state index contributed by atoms with van der Waals surface area (Å²) in [5.74, 6) is 0. The van der Waals surface area contributed by atoms with Crippen molar-refractivity contribution >= 4 is 26.0 Å². The van der Waals surface area contributed by atoms with Crippen molar-refractivity contribution in [3.63, 3.8) is 0 Å². The lowest BCUT2D eigenvalue weighted by molar-refractivity contribution is 0.242. The molecule has 7 heteroatoms. The molecule has 0 saturated carbocycles. The van der Waals surface area contributed by atoms with E-state index < -0.39 is 10.0 Å². The first-order valence-electron chi connectivity index (χ1n) is 3.26. The lowest BCUT2D eigenvalue weighted by Crippen LogP contribution is -2.20. The summed E-state index contributed by atoms with van der Waals surface area (Å²) in [4.78, 5) is 5.00. The molecule has 1 aromatic rings. The summed E-state index contributed by atoms with van der Waals surface area (Å²) in [5, 5.41) is 8.35. The van der Waals surface area contributed by atoms with Gasteiger partial charge in [-0.2, -0.15) is 0 Å². The zero-order valence-corrected chi connectivity index (χ0v) is 9.05. The van der Waals surface area contributed by atoms with Gasteiger partial charge in [0.25, 0.3) is 10.0 Å². The zero-order chi connectivity index (χ0) is 10.1. The Bertz CT molecular complexity index is 418. The van der Waals surface area contributed by atoms with Gasteiger partial charge < -0.3 is 5.21 Å². The number of rotatable bonds is 2. The van der Waals surface area contributed by atoms with Crippen molar-refractivity contribution in [2.75, 3.05) is 0 Å². The quantitative estimate of drug-likeness (QED) is 0.614. The van der Waals surface area contributed by atoms with E-state index in [4.69, 9.17) is 5.21 Å². The molecule has 0 aliphatic carbocycles. The highest BCUT2D eigenvalue weighted by Crippen LogP contribution is 2.19. The van der Waals surface area contributed by atoms with Gasteiger partial charge in [0.15, 0.2) is 0 Å². The third-order valence-corrected chi connectivity index (χ3v) is 3.38. The highest BCUT2D eigenvalue weighted by Gasteiger charge is 2.16. The molecule has 5 nitrogen and oxygen atoms in total. The Morgan fingerprint density at radius 3 is 2.62 bits per heavy atom. The normalized spacial score (nSPS) is 11.6. The van der Waals surface area contributed by atoms with Crippen molar-refractivity contribution < 1.29 is 13.6 Å². The minimum Gasteiger partial charge on any atom is -0.302 e. The second-order valence-corrected chi connectivity index (χ2v) is 4.72. The molecule has 0 bridgehead atoms. The van der Waals surface area contributed by atoms with Gasteiger partial charge in [0.05, 0.1) is 0 Å². The van der Waals surface area contributed by atoms with E-state index in [1.165, 1.54) is 17.0 Å². The van der Waals surface area contributed by atoms with Crippen LogP contribution in [0.3, 0.4) is 0 Å². The summed E-state index contributed by atoms with van der Waals surface area (Å²) in [6, 6.07) is 2.89. The van der Waals surface area contributed by atoms with Gasteiger partial charge in [-0.1, -0.05) is 4.89 Å². The second kappa shape index (κ2) is 3.70. The average molecular weight is 267 g/mol. The smallest absolute Gasteiger partial charge is 0.264 e. The Labute approximate surface area is 83.9 Å². The number of halogens is 1. The molecule has 0 amide bonds. The molecule has 0 aliphatic rings. The van der Waals surface area contributed by atoms with Crippen LogP contribution >= 0.6 is 15.9 Å². The number of nitrogens with one attached hydrogen (secondary N) is 1. The van der Waals surface area contributed by atoms with E-state index in [1.54, 1.807) is 6.92 Å². The summed E-state index contributed by atoms with van der Waals surface area (Å²) in [5.41, 5.74) is 0.684. The van der Waals surface area contributed by atoms with Gasteiger partial charge in [-0.05, 0) is 35.0 Å². The van der Waals surface area contributed by atoms with Crippen molar-refractivity contribution in [1.29, 1.82) is 0 Å². The summed E-state index contributed by atoms with van der Waals surface area (Å²) in [6.07, 6.45) is 0. The predicted octanol–water partition coefficient (Wildman–Crippen LogP) is 0.820. The predicted molar refractivity (Wildman–Crippen MR) is 48.8 cm³/mol. The first-order valence-corrected chi connectivity index (χ1v) is 5.54. The lowest BCUT2D eigenvalue weighted by atomic mass is 10.4. The van der Waals surface area contributed by atoms with Crippen LogP contribution in [0.1, 0.15) is 5.69 Å². The van der Waals surface area contributed by atoms with Crippen LogP contribution in [0.15, 0.2) is 21.6 Å². The van der Waals surface area contributed by atoms with Gasteiger partial charge >= 0.3 is 0 Å². The zero-order valence-electron chi connectivity index (χ0n) is 6.65. The Morgan fingerprint density at radius 1 is 1.54 bits per heavy atom. The van der Waals surface area contributed by atoms with Crippen LogP contribution in [0, 0.1) is 6.92 Å². The minimum atomic E-state index is -3.85. The second-order valence-electron chi connectivity index (χ2n) is 2.34.